The van der Waals surface area contributed by atoms with Gasteiger partial charge in [-0.15, -0.1) is 4.72 Å². The van der Waals surface area contributed by atoms with Crippen molar-refractivity contribution in [2.24, 2.45) is 5.41 Å². The van der Waals surface area contributed by atoms with Gasteiger partial charge in [0.2, 0.25) is 0 Å². The molecule has 0 heterocycles. The Morgan fingerprint density at radius 1 is 1.00 bits per heavy atom. The summed E-state index contributed by atoms with van der Waals surface area (Å²) in [6.07, 6.45) is 1.62. The molecule has 0 amide bonds. The van der Waals surface area contributed by atoms with E-state index in [9.17, 15) is 9.81 Å². The molecule has 1 aliphatic carbocycles. The van der Waals surface area contributed by atoms with Gasteiger partial charge in [0.1, 0.15) is 4.75 Å². The second-order valence-electron chi connectivity index (χ2n) is 10.8. The Balaban J connectivity index is 2.03. The molecule has 0 aliphatic heterocycles. The molecule has 1 fully saturated rings. The lowest BCUT2D eigenvalue weighted by molar-refractivity contribution is 0.232. The van der Waals surface area contributed by atoms with E-state index in [0.717, 1.165) is 12.8 Å². The second-order valence-corrected chi connectivity index (χ2v) is 17.1. The van der Waals surface area contributed by atoms with Crippen molar-refractivity contribution < 1.29 is 8.98 Å². The van der Waals surface area contributed by atoms with Crippen molar-refractivity contribution in [1.29, 1.82) is 5.26 Å². The average molecular weight is 469 g/mol. The third kappa shape index (κ3) is 4.98. The third-order valence-corrected chi connectivity index (χ3v) is 13.0. The lowest BCUT2D eigenvalue weighted by atomic mass is 10.0. The fraction of sp³-hybridized carbons (Fsp3) is 0.500. The van der Waals surface area contributed by atoms with Crippen LogP contribution in [0.15, 0.2) is 60.7 Å². The fourth-order valence-corrected chi connectivity index (χ4v) is 9.73. The zero-order valence-corrected chi connectivity index (χ0v) is 22.0. The lowest BCUT2D eigenvalue weighted by Crippen LogP contribution is -2.67. The summed E-state index contributed by atoms with van der Waals surface area (Å²) in [4.78, 5) is 0. The molecule has 3 rings (SSSR count). The summed E-state index contributed by atoms with van der Waals surface area (Å²) in [7, 11) is -2.72. The molecular weight excluding hydrogens is 432 g/mol. The van der Waals surface area contributed by atoms with Crippen molar-refractivity contribution in [3.63, 3.8) is 0 Å². The van der Waals surface area contributed by atoms with Crippen molar-refractivity contribution in [2.45, 2.75) is 70.2 Å². The van der Waals surface area contributed by atoms with Crippen LogP contribution in [0.3, 0.4) is 0 Å². The highest BCUT2D eigenvalue weighted by molar-refractivity contribution is 7.90. The Hall–Kier alpha value is -1.62. The van der Waals surface area contributed by atoms with Crippen LogP contribution in [0.4, 0.5) is 0 Å². The van der Waals surface area contributed by atoms with Gasteiger partial charge in [-0.2, -0.15) is 5.26 Å². The molecule has 172 valence electrons. The maximum absolute atomic E-state index is 13.0. The molecule has 2 aromatic carbocycles. The van der Waals surface area contributed by atoms with Crippen molar-refractivity contribution in [3.8, 4) is 6.07 Å². The van der Waals surface area contributed by atoms with E-state index in [4.69, 9.17) is 4.43 Å². The van der Waals surface area contributed by atoms with E-state index in [-0.39, 0.29) is 11.1 Å². The number of nitrogens with one attached hydrogen (secondary N) is 1. The van der Waals surface area contributed by atoms with Crippen LogP contribution in [-0.2, 0) is 15.8 Å². The Morgan fingerprint density at radius 2 is 1.47 bits per heavy atom. The molecule has 1 N–H and O–H groups in total. The van der Waals surface area contributed by atoms with Crippen LogP contribution in [0.25, 0.3) is 0 Å². The highest BCUT2D eigenvalue weighted by Crippen LogP contribution is 2.49. The van der Waals surface area contributed by atoms with Gasteiger partial charge in [-0.3, -0.25) is 0 Å². The molecule has 32 heavy (non-hydrogen) atoms. The SMILES string of the molecule is CC(C)(C)[S+]([O-])NC(CO[Si](c1ccccc1)(c1ccccc1)C(C)(C)C)C1(C#N)CC1. The minimum atomic E-state index is -2.72. The molecular formula is C26H36N2O2SSi. The first-order chi connectivity index (χ1) is 15.0. The predicted octanol–water partition coefficient (Wildman–Crippen LogP) is 4.29. The largest absolute Gasteiger partial charge is 0.598 e. The van der Waals surface area contributed by atoms with Crippen LogP contribution in [0.2, 0.25) is 5.04 Å². The number of nitrogens with zero attached hydrogens (tertiary/aromatic N) is 1. The van der Waals surface area contributed by atoms with Crippen LogP contribution in [-0.4, -0.2) is 30.3 Å². The molecule has 0 bridgehead atoms. The fourth-order valence-electron chi connectivity index (χ4n) is 4.26. The molecule has 0 radical (unpaired) electrons. The van der Waals surface area contributed by atoms with E-state index in [1.807, 2.05) is 32.9 Å². The van der Waals surface area contributed by atoms with E-state index < -0.39 is 29.8 Å². The molecule has 0 spiro atoms. The van der Waals surface area contributed by atoms with Gasteiger partial charge in [0.15, 0.2) is 0 Å². The molecule has 6 heteroatoms. The Morgan fingerprint density at radius 3 is 1.81 bits per heavy atom. The summed E-state index contributed by atoms with van der Waals surface area (Å²) in [5.41, 5.74) is -0.508. The van der Waals surface area contributed by atoms with E-state index in [0.29, 0.717) is 6.61 Å². The Labute approximate surface area is 197 Å². The minimum absolute atomic E-state index is 0.146. The van der Waals surface area contributed by atoms with Crippen LogP contribution >= 0.6 is 0 Å². The predicted molar refractivity (Wildman–Crippen MR) is 136 cm³/mol. The molecule has 1 saturated carbocycles. The minimum Gasteiger partial charge on any atom is -0.598 e. The summed E-state index contributed by atoms with van der Waals surface area (Å²) in [6.45, 7) is 12.9. The van der Waals surface area contributed by atoms with Crippen LogP contribution in [0.5, 0.6) is 0 Å². The Kier molecular flexibility index (Phi) is 7.28. The molecule has 2 unspecified atom stereocenters. The van der Waals surface area contributed by atoms with E-state index in [1.54, 1.807) is 0 Å². The first-order valence-electron chi connectivity index (χ1n) is 11.3. The first-order valence-corrected chi connectivity index (χ1v) is 14.4. The maximum atomic E-state index is 13.0. The smallest absolute Gasteiger partial charge is 0.261 e. The molecule has 2 aromatic rings. The summed E-state index contributed by atoms with van der Waals surface area (Å²) in [5.74, 6) is 0. The lowest BCUT2D eigenvalue weighted by Gasteiger charge is -2.44. The van der Waals surface area contributed by atoms with Gasteiger partial charge in [-0.1, -0.05) is 81.4 Å². The molecule has 0 aromatic heterocycles. The standard InChI is InChI=1S/C26H36N2O2SSi/c1-24(2,3)31(29)28-23(26(20-27)17-18-26)19-30-32(25(4,5)6,21-13-9-7-10-14-21)22-15-11-8-12-16-22/h7-16,23,28H,17-19H2,1-6H3. The van der Waals surface area contributed by atoms with Gasteiger partial charge in [0, 0.05) is 11.4 Å². The number of nitriles is 1. The van der Waals surface area contributed by atoms with Crippen molar-refractivity contribution in [3.05, 3.63) is 60.7 Å². The van der Waals surface area contributed by atoms with Crippen LogP contribution < -0.4 is 15.1 Å². The summed E-state index contributed by atoms with van der Waals surface area (Å²) >= 11 is -1.28. The van der Waals surface area contributed by atoms with E-state index in [1.165, 1.54) is 10.4 Å². The van der Waals surface area contributed by atoms with Crippen LogP contribution in [0, 0.1) is 16.7 Å². The zero-order chi connectivity index (χ0) is 23.6. The molecule has 2 atom stereocenters. The van der Waals surface area contributed by atoms with Gasteiger partial charge < -0.3 is 8.98 Å². The van der Waals surface area contributed by atoms with Crippen LogP contribution in [0.1, 0.15) is 54.4 Å². The highest BCUT2D eigenvalue weighted by Gasteiger charge is 2.56. The van der Waals surface area contributed by atoms with Gasteiger partial charge in [-0.05, 0) is 49.0 Å². The van der Waals surface area contributed by atoms with Crippen molar-refractivity contribution in [1.82, 2.24) is 4.72 Å². The molecule has 0 saturated heterocycles. The summed E-state index contributed by atoms with van der Waals surface area (Å²) in [5, 5.41) is 12.2. The first kappa shape index (κ1) is 25.0. The Bertz CT molecular complexity index is 889. The monoisotopic (exact) mass is 468 g/mol. The number of benzene rings is 2. The van der Waals surface area contributed by atoms with Gasteiger partial charge in [0.05, 0.1) is 24.1 Å². The normalized spacial score (nSPS) is 17.9. The highest BCUT2D eigenvalue weighted by atomic mass is 32.2. The number of hydrogen-bond acceptors (Lipinski definition) is 4. The number of rotatable bonds is 8. The van der Waals surface area contributed by atoms with Gasteiger partial charge in [0.25, 0.3) is 8.32 Å². The molecule has 1 aliphatic rings. The summed E-state index contributed by atoms with van der Waals surface area (Å²) < 4.78 is 22.9. The summed E-state index contributed by atoms with van der Waals surface area (Å²) in [6, 6.07) is 23.2. The van der Waals surface area contributed by atoms with Gasteiger partial charge >= 0.3 is 0 Å². The van der Waals surface area contributed by atoms with Crippen molar-refractivity contribution >= 4 is 30.1 Å². The third-order valence-electron chi connectivity index (χ3n) is 6.37. The van der Waals surface area contributed by atoms with E-state index in [2.05, 4.69) is 80.1 Å². The topological polar surface area (TPSA) is 68.1 Å². The van der Waals surface area contributed by atoms with Crippen molar-refractivity contribution in [2.75, 3.05) is 6.61 Å². The zero-order valence-electron chi connectivity index (χ0n) is 20.1. The van der Waals surface area contributed by atoms with E-state index >= 15 is 0 Å². The maximum Gasteiger partial charge on any atom is 0.261 e. The average Bonchev–Trinajstić information content (AvgIpc) is 3.54. The van der Waals surface area contributed by atoms with Gasteiger partial charge in [-0.25, -0.2) is 0 Å². The molecule has 4 nitrogen and oxygen atoms in total. The number of hydrogen-bond donors (Lipinski definition) is 1. The quantitative estimate of drug-likeness (QED) is 0.464. The second kappa shape index (κ2) is 9.32.